The molecule has 1 aromatic heterocycles. The van der Waals surface area contributed by atoms with E-state index in [-0.39, 0.29) is 17.9 Å². The number of aromatic nitrogens is 2. The van der Waals surface area contributed by atoms with Gasteiger partial charge in [-0.25, -0.2) is 15.2 Å². The zero-order chi connectivity index (χ0) is 11.5. The van der Waals surface area contributed by atoms with Gasteiger partial charge in [-0.3, -0.25) is 5.43 Å². The molecule has 0 unspecified atom stereocenters. The number of anilines is 2. The number of aliphatic hydroxyl groups excluding tert-OH is 1. The van der Waals surface area contributed by atoms with Crippen LogP contribution in [0.1, 0.15) is 12.8 Å². The Labute approximate surface area is 92.3 Å². The zero-order valence-corrected chi connectivity index (χ0v) is 8.73. The molecule has 2 heterocycles. The Kier molecular flexibility index (Phi) is 3.16. The molecule has 1 aromatic rings. The van der Waals surface area contributed by atoms with Crippen molar-refractivity contribution in [3.05, 3.63) is 12.0 Å². The maximum Gasteiger partial charge on any atom is 0.239 e. The summed E-state index contributed by atoms with van der Waals surface area (Å²) in [6.45, 7) is 1.16. The van der Waals surface area contributed by atoms with Crippen molar-refractivity contribution in [3.63, 3.8) is 0 Å². The number of hydrazine groups is 1. The summed E-state index contributed by atoms with van der Waals surface area (Å²) in [5.41, 5.74) is 2.28. The summed E-state index contributed by atoms with van der Waals surface area (Å²) in [6.07, 6.45) is 2.03. The maximum atomic E-state index is 13.5. The van der Waals surface area contributed by atoms with Crippen LogP contribution in [0.25, 0.3) is 0 Å². The molecule has 1 aliphatic rings. The molecule has 7 heteroatoms. The van der Waals surface area contributed by atoms with Crippen molar-refractivity contribution in [1.29, 1.82) is 0 Å². The highest BCUT2D eigenvalue weighted by Crippen LogP contribution is 2.21. The van der Waals surface area contributed by atoms with E-state index in [0.717, 1.165) is 6.20 Å². The normalized spacial score (nSPS) is 17.6. The van der Waals surface area contributed by atoms with E-state index in [2.05, 4.69) is 15.4 Å². The highest BCUT2D eigenvalue weighted by Gasteiger charge is 2.21. The third-order valence-electron chi connectivity index (χ3n) is 2.62. The van der Waals surface area contributed by atoms with Crippen LogP contribution in [0.3, 0.4) is 0 Å². The van der Waals surface area contributed by atoms with E-state index < -0.39 is 5.82 Å². The first-order chi connectivity index (χ1) is 7.70. The van der Waals surface area contributed by atoms with Gasteiger partial charge in [-0.15, -0.1) is 0 Å². The average Bonchev–Trinajstić information content (AvgIpc) is 2.31. The van der Waals surface area contributed by atoms with Crippen LogP contribution in [0, 0.1) is 5.82 Å². The van der Waals surface area contributed by atoms with Crippen LogP contribution in [0.5, 0.6) is 0 Å². The molecule has 0 saturated carbocycles. The Morgan fingerprint density at radius 3 is 2.81 bits per heavy atom. The molecule has 16 heavy (non-hydrogen) atoms. The minimum Gasteiger partial charge on any atom is -0.393 e. The second-order valence-electron chi connectivity index (χ2n) is 3.73. The van der Waals surface area contributed by atoms with Gasteiger partial charge in [-0.05, 0) is 12.8 Å². The van der Waals surface area contributed by atoms with E-state index in [9.17, 15) is 9.50 Å². The van der Waals surface area contributed by atoms with Gasteiger partial charge >= 0.3 is 0 Å². The fourth-order valence-electron chi connectivity index (χ4n) is 1.73. The molecule has 0 spiro atoms. The first-order valence-electron chi connectivity index (χ1n) is 5.13. The van der Waals surface area contributed by atoms with E-state index in [1.807, 2.05) is 0 Å². The Hall–Kier alpha value is -1.47. The van der Waals surface area contributed by atoms with E-state index in [1.165, 1.54) is 0 Å². The lowest BCUT2D eigenvalue weighted by Gasteiger charge is -2.30. The van der Waals surface area contributed by atoms with Crippen molar-refractivity contribution in [2.45, 2.75) is 18.9 Å². The summed E-state index contributed by atoms with van der Waals surface area (Å²) in [6, 6.07) is 0. The van der Waals surface area contributed by atoms with Gasteiger partial charge in [0.1, 0.15) is 0 Å². The van der Waals surface area contributed by atoms with Gasteiger partial charge < -0.3 is 10.0 Å². The third-order valence-corrected chi connectivity index (χ3v) is 2.62. The largest absolute Gasteiger partial charge is 0.393 e. The Morgan fingerprint density at radius 2 is 2.19 bits per heavy atom. The Balaban J connectivity index is 2.19. The molecule has 1 fully saturated rings. The van der Waals surface area contributed by atoms with Crippen LogP contribution in [0.15, 0.2) is 6.20 Å². The minimum absolute atomic E-state index is 0.183. The number of nitrogens with zero attached hydrogens (tertiary/aromatic N) is 3. The van der Waals surface area contributed by atoms with Crippen molar-refractivity contribution in [3.8, 4) is 0 Å². The van der Waals surface area contributed by atoms with Gasteiger partial charge in [-0.2, -0.15) is 4.98 Å². The fourth-order valence-corrected chi connectivity index (χ4v) is 1.73. The van der Waals surface area contributed by atoms with Crippen molar-refractivity contribution in [1.82, 2.24) is 9.97 Å². The van der Waals surface area contributed by atoms with E-state index >= 15 is 0 Å². The second kappa shape index (κ2) is 4.58. The van der Waals surface area contributed by atoms with Crippen molar-refractivity contribution >= 4 is 11.8 Å². The summed E-state index contributed by atoms with van der Waals surface area (Å²) in [7, 11) is 0. The summed E-state index contributed by atoms with van der Waals surface area (Å²) >= 11 is 0. The molecule has 0 aliphatic carbocycles. The molecule has 0 atom stereocenters. The standard InChI is InChI=1S/C9H14FN5O/c10-7-5-12-9(14-11)13-8(7)15-3-1-6(16)2-4-15/h5-6,16H,1-4,11H2,(H,12,13,14). The zero-order valence-electron chi connectivity index (χ0n) is 8.73. The molecule has 1 aliphatic heterocycles. The first kappa shape index (κ1) is 11.0. The number of hydrogen-bond acceptors (Lipinski definition) is 6. The lowest BCUT2D eigenvalue weighted by atomic mass is 10.1. The van der Waals surface area contributed by atoms with Gasteiger partial charge in [0.15, 0.2) is 11.6 Å². The summed E-state index contributed by atoms with van der Waals surface area (Å²) < 4.78 is 13.5. The van der Waals surface area contributed by atoms with Gasteiger partial charge in [0, 0.05) is 13.1 Å². The topological polar surface area (TPSA) is 87.3 Å². The molecular weight excluding hydrogens is 213 g/mol. The van der Waals surface area contributed by atoms with E-state index in [4.69, 9.17) is 5.84 Å². The number of piperidine rings is 1. The van der Waals surface area contributed by atoms with Crippen LogP contribution >= 0.6 is 0 Å². The number of halogens is 1. The average molecular weight is 227 g/mol. The SMILES string of the molecule is NNc1ncc(F)c(N2CCC(O)CC2)n1. The van der Waals surface area contributed by atoms with E-state index in [1.54, 1.807) is 4.90 Å². The molecule has 0 aromatic carbocycles. The third kappa shape index (κ3) is 2.20. The van der Waals surface area contributed by atoms with Crippen molar-refractivity contribution < 1.29 is 9.50 Å². The Bertz CT molecular complexity index is 367. The van der Waals surface area contributed by atoms with Gasteiger partial charge in [0.25, 0.3) is 0 Å². The number of nitrogen functional groups attached to an aromatic ring is 1. The minimum atomic E-state index is -0.476. The highest BCUT2D eigenvalue weighted by molar-refractivity contribution is 5.43. The predicted molar refractivity (Wildman–Crippen MR) is 57.3 cm³/mol. The molecule has 1 saturated heterocycles. The molecule has 0 bridgehead atoms. The number of nitrogens with two attached hydrogens (primary N) is 1. The number of nitrogens with one attached hydrogen (secondary N) is 1. The van der Waals surface area contributed by atoms with Crippen LogP contribution < -0.4 is 16.2 Å². The molecule has 0 amide bonds. The van der Waals surface area contributed by atoms with Crippen LogP contribution in [0.4, 0.5) is 16.2 Å². The van der Waals surface area contributed by atoms with E-state index in [0.29, 0.717) is 25.9 Å². The van der Waals surface area contributed by atoms with Gasteiger partial charge in [-0.1, -0.05) is 0 Å². The van der Waals surface area contributed by atoms with Crippen molar-refractivity contribution in [2.75, 3.05) is 23.4 Å². The van der Waals surface area contributed by atoms with Gasteiger partial charge in [0.05, 0.1) is 12.3 Å². The molecule has 88 valence electrons. The number of hydrogen-bond donors (Lipinski definition) is 3. The molecule has 4 N–H and O–H groups in total. The maximum absolute atomic E-state index is 13.5. The summed E-state index contributed by atoms with van der Waals surface area (Å²) in [4.78, 5) is 9.41. The lowest BCUT2D eigenvalue weighted by Crippen LogP contribution is -2.37. The smallest absolute Gasteiger partial charge is 0.239 e. The van der Waals surface area contributed by atoms with Gasteiger partial charge in [0.2, 0.25) is 5.95 Å². The molecule has 6 nitrogen and oxygen atoms in total. The van der Waals surface area contributed by atoms with Crippen molar-refractivity contribution in [2.24, 2.45) is 5.84 Å². The van der Waals surface area contributed by atoms with Crippen LogP contribution in [-0.2, 0) is 0 Å². The monoisotopic (exact) mass is 227 g/mol. The van der Waals surface area contributed by atoms with Crippen LogP contribution in [0.2, 0.25) is 0 Å². The summed E-state index contributed by atoms with van der Waals surface area (Å²) in [5.74, 6) is 5.10. The quantitative estimate of drug-likeness (QED) is 0.481. The highest BCUT2D eigenvalue weighted by atomic mass is 19.1. The number of aliphatic hydroxyl groups is 1. The predicted octanol–water partition coefficient (Wildman–Crippen LogP) is -0.138. The number of rotatable bonds is 2. The lowest BCUT2D eigenvalue weighted by molar-refractivity contribution is 0.145. The molecule has 2 rings (SSSR count). The molecular formula is C9H14FN5O. The van der Waals surface area contributed by atoms with Crippen LogP contribution in [-0.4, -0.2) is 34.3 Å². The Morgan fingerprint density at radius 1 is 1.50 bits per heavy atom. The summed E-state index contributed by atoms with van der Waals surface area (Å²) in [5, 5.41) is 9.36. The second-order valence-corrected chi connectivity index (χ2v) is 3.73. The fraction of sp³-hybridized carbons (Fsp3) is 0.556. The first-order valence-corrected chi connectivity index (χ1v) is 5.13. The molecule has 0 radical (unpaired) electrons.